The van der Waals surface area contributed by atoms with Crippen molar-refractivity contribution in [1.82, 2.24) is 9.55 Å². The van der Waals surface area contributed by atoms with E-state index >= 15 is 0 Å². The summed E-state index contributed by atoms with van der Waals surface area (Å²) in [4.78, 5) is 25.6. The van der Waals surface area contributed by atoms with Gasteiger partial charge in [-0.3, -0.25) is 14.3 Å². The zero-order valence-corrected chi connectivity index (χ0v) is 17.8. The van der Waals surface area contributed by atoms with Crippen LogP contribution >= 0.6 is 0 Å². The highest BCUT2D eigenvalue weighted by molar-refractivity contribution is 5.35. The van der Waals surface area contributed by atoms with Crippen molar-refractivity contribution in [1.29, 1.82) is 0 Å². The molecule has 0 saturated carbocycles. The molecule has 0 aliphatic carbocycles. The first-order valence-electron chi connectivity index (χ1n) is 10.6. The lowest BCUT2D eigenvalue weighted by atomic mass is 10.0. The zero-order chi connectivity index (χ0) is 24.4. The Hall–Kier alpha value is -2.86. The summed E-state index contributed by atoms with van der Waals surface area (Å²) < 4.78 is 17.9. The number of H-pyrrole nitrogens is 1. The Kier molecular flexibility index (Phi) is 7.27. The first kappa shape index (κ1) is 24.3. The molecule has 0 spiro atoms. The van der Waals surface area contributed by atoms with Gasteiger partial charge in [-0.25, -0.2) is 4.79 Å². The van der Waals surface area contributed by atoms with Crippen LogP contribution in [0.25, 0.3) is 0 Å². The van der Waals surface area contributed by atoms with Gasteiger partial charge in [0.1, 0.15) is 36.6 Å². The Labute approximate surface area is 193 Å². The molecule has 12 nitrogen and oxygen atoms in total. The van der Waals surface area contributed by atoms with Gasteiger partial charge in [0.15, 0.2) is 18.6 Å². The highest BCUT2D eigenvalue weighted by atomic mass is 16.7. The van der Waals surface area contributed by atoms with Crippen LogP contribution in [0.5, 0.6) is 0 Å². The molecule has 2 saturated heterocycles. The maximum absolute atomic E-state index is 12.2. The summed E-state index contributed by atoms with van der Waals surface area (Å²) in [6, 6.07) is 9.90. The van der Waals surface area contributed by atoms with Crippen LogP contribution in [0.2, 0.25) is 0 Å². The van der Waals surface area contributed by atoms with E-state index in [-0.39, 0.29) is 6.54 Å². The van der Waals surface area contributed by atoms with Gasteiger partial charge in [-0.15, -0.1) is 0 Å². The lowest BCUT2D eigenvalue weighted by molar-refractivity contribution is -0.205. The largest absolute Gasteiger partial charge is 0.387 e. The van der Waals surface area contributed by atoms with Crippen LogP contribution in [0.15, 0.2) is 52.2 Å². The molecular weight excluding hydrogens is 450 g/mol. The molecule has 0 bridgehead atoms. The van der Waals surface area contributed by atoms with E-state index in [0.717, 1.165) is 16.8 Å². The molecular formula is C22H25N3O9. The number of benzene rings is 1. The molecule has 0 unspecified atom stereocenters. The van der Waals surface area contributed by atoms with Gasteiger partial charge in [0.2, 0.25) is 0 Å². The number of aromatic amines is 1. The minimum absolute atomic E-state index is 0.0725. The maximum atomic E-state index is 12.2. The summed E-state index contributed by atoms with van der Waals surface area (Å²) in [5.41, 5.74) is 4.68. The quantitative estimate of drug-likeness (QED) is 0.243. The zero-order valence-electron chi connectivity index (χ0n) is 17.8. The summed E-state index contributed by atoms with van der Waals surface area (Å²) in [5, 5.41) is 41.7. The number of ether oxygens (including phenoxy) is 3. The van der Waals surface area contributed by atoms with Crippen LogP contribution in [0.4, 0.5) is 0 Å². The molecule has 0 radical (unpaired) electrons. The van der Waals surface area contributed by atoms with E-state index in [9.17, 15) is 30.0 Å². The van der Waals surface area contributed by atoms with Crippen LogP contribution in [-0.2, 0) is 14.2 Å². The van der Waals surface area contributed by atoms with Gasteiger partial charge in [-0.2, -0.15) is 0 Å². The van der Waals surface area contributed by atoms with Gasteiger partial charge in [0.05, 0.1) is 0 Å². The van der Waals surface area contributed by atoms with Crippen LogP contribution in [0.3, 0.4) is 0 Å². The highest BCUT2D eigenvalue weighted by Gasteiger charge is 2.50. The van der Waals surface area contributed by atoms with Crippen molar-refractivity contribution in [2.75, 3.05) is 6.54 Å². The van der Waals surface area contributed by atoms with E-state index in [1.165, 1.54) is 0 Å². The van der Waals surface area contributed by atoms with Gasteiger partial charge >= 0.3 is 5.69 Å². The molecule has 0 amide bonds. The average Bonchev–Trinajstić information content (AvgIpc) is 3.27. The van der Waals surface area contributed by atoms with Crippen molar-refractivity contribution in [2.45, 2.75) is 55.2 Å². The van der Waals surface area contributed by atoms with Crippen molar-refractivity contribution in [3.05, 3.63) is 69.0 Å². The second-order valence-electron chi connectivity index (χ2n) is 7.94. The van der Waals surface area contributed by atoms with Crippen molar-refractivity contribution < 1.29 is 34.6 Å². The van der Waals surface area contributed by atoms with Gasteiger partial charge in [0.25, 0.3) is 5.56 Å². The number of rotatable bonds is 5. The monoisotopic (exact) mass is 475 g/mol. The van der Waals surface area contributed by atoms with Crippen LogP contribution in [-0.4, -0.2) is 85.5 Å². The summed E-state index contributed by atoms with van der Waals surface area (Å²) in [6.45, 7) is -0.0725. The molecule has 2 aliphatic heterocycles. The van der Waals surface area contributed by atoms with E-state index in [4.69, 9.17) is 19.9 Å². The minimum Gasteiger partial charge on any atom is -0.387 e. The number of nitrogens with two attached hydrogens (primary N) is 1. The Morgan fingerprint density at radius 1 is 1.03 bits per heavy atom. The van der Waals surface area contributed by atoms with E-state index < -0.39 is 66.5 Å². The number of aromatic nitrogens is 2. The lowest BCUT2D eigenvalue weighted by Gasteiger charge is -2.26. The number of aliphatic hydroxyl groups excluding tert-OH is 4. The van der Waals surface area contributed by atoms with Crippen LogP contribution in [0, 0.1) is 11.8 Å². The smallest absolute Gasteiger partial charge is 0.330 e. The topological polar surface area (TPSA) is 189 Å². The summed E-state index contributed by atoms with van der Waals surface area (Å²) >= 11 is 0. The maximum Gasteiger partial charge on any atom is 0.330 e. The third-order valence-corrected chi connectivity index (χ3v) is 5.66. The Bertz CT molecular complexity index is 1160. The molecule has 1 aromatic heterocycles. The van der Waals surface area contributed by atoms with Gasteiger partial charge in [-0.05, 0) is 12.1 Å². The molecule has 182 valence electrons. The third-order valence-electron chi connectivity index (χ3n) is 5.66. The van der Waals surface area contributed by atoms with Crippen molar-refractivity contribution >= 4 is 0 Å². The molecule has 1 aromatic carbocycles. The third kappa shape index (κ3) is 4.83. The fourth-order valence-corrected chi connectivity index (χ4v) is 3.83. The second-order valence-corrected chi connectivity index (χ2v) is 7.94. The van der Waals surface area contributed by atoms with E-state index in [2.05, 4.69) is 11.8 Å². The number of hydrogen-bond donors (Lipinski definition) is 6. The van der Waals surface area contributed by atoms with Crippen molar-refractivity contribution in [2.24, 2.45) is 5.73 Å². The fraction of sp³-hybridized carbons (Fsp3) is 0.455. The number of hydrogen-bond acceptors (Lipinski definition) is 10. The number of nitrogens with one attached hydrogen (secondary N) is 1. The molecule has 12 heteroatoms. The molecule has 2 aromatic rings. The minimum atomic E-state index is -1.57. The van der Waals surface area contributed by atoms with Crippen LogP contribution in [0.1, 0.15) is 11.8 Å². The van der Waals surface area contributed by atoms with E-state index in [1.807, 2.05) is 11.1 Å². The van der Waals surface area contributed by atoms with E-state index in [1.54, 1.807) is 24.3 Å². The highest BCUT2D eigenvalue weighted by Crippen LogP contribution is 2.33. The number of aliphatic hydroxyl groups is 4. The number of nitrogens with zero attached hydrogens (tertiary/aromatic N) is 1. The predicted octanol–water partition coefficient (Wildman–Crippen LogP) is -3.00. The first-order valence-corrected chi connectivity index (χ1v) is 10.6. The summed E-state index contributed by atoms with van der Waals surface area (Å²) in [7, 11) is 0. The summed E-state index contributed by atoms with van der Waals surface area (Å²) in [6.07, 6.45) is -10.9. The molecule has 3 heterocycles. The molecule has 34 heavy (non-hydrogen) atoms. The van der Waals surface area contributed by atoms with Crippen molar-refractivity contribution in [3.63, 3.8) is 0 Å². The van der Waals surface area contributed by atoms with Gasteiger partial charge < -0.3 is 40.4 Å². The molecule has 2 fully saturated rings. The molecule has 9 atom stereocenters. The Morgan fingerprint density at radius 2 is 1.76 bits per heavy atom. The van der Waals surface area contributed by atoms with Gasteiger partial charge in [0, 0.05) is 24.4 Å². The predicted molar refractivity (Wildman–Crippen MR) is 115 cm³/mol. The molecule has 4 rings (SSSR count). The van der Waals surface area contributed by atoms with Gasteiger partial charge in [-0.1, -0.05) is 30.0 Å². The average molecular weight is 475 g/mol. The van der Waals surface area contributed by atoms with E-state index in [0.29, 0.717) is 5.56 Å². The lowest BCUT2D eigenvalue weighted by Crippen LogP contribution is -2.43. The molecule has 2 aliphatic rings. The standard InChI is InChI=1S/C22H25N3O9/c23-10-13-15(27)18(30)21(33-13)32-12(7-6-11-4-2-1-3-5-11)19-16(28)17(29)20(34-19)25-9-8-14(26)24-22(25)31/h1-5,8-9,12-13,15-21,27-30H,10,23H2,(H,24,26,31)/t12-,13+,15+,16-,17+,18+,19+,20+,21+/m0/s1. The normalized spacial score (nSPS) is 33.9. The molecule has 7 N–H and O–H groups in total. The summed E-state index contributed by atoms with van der Waals surface area (Å²) in [5.74, 6) is 5.67. The van der Waals surface area contributed by atoms with Crippen molar-refractivity contribution in [3.8, 4) is 11.8 Å². The Balaban J connectivity index is 1.63. The SMILES string of the molecule is NC[C@H]1O[C@@H](O[C@@H](C#Cc2ccccc2)[C@H]2O[C@@H](n3ccc(=O)[nH]c3=O)[C@H](O)[C@@H]2O)[C@H](O)[C@@H]1O. The first-order chi connectivity index (χ1) is 16.3. The van der Waals surface area contributed by atoms with Crippen LogP contribution < -0.4 is 17.0 Å². The fourth-order valence-electron chi connectivity index (χ4n) is 3.83. The Morgan fingerprint density at radius 3 is 2.41 bits per heavy atom. The second kappa shape index (κ2) is 10.2.